The Bertz CT molecular complexity index is 282. The molecule has 0 spiro atoms. The van der Waals surface area contributed by atoms with E-state index in [1.165, 1.54) is 11.2 Å². The normalized spacial score (nSPS) is 24.8. The summed E-state index contributed by atoms with van der Waals surface area (Å²) in [5.74, 6) is 11.5. The smallest absolute Gasteiger partial charge is 0.246 e. The summed E-state index contributed by atoms with van der Waals surface area (Å²) in [6.07, 6.45) is 6.81. The first-order valence-electron chi connectivity index (χ1n) is 4.49. The predicted octanol–water partition coefficient (Wildman–Crippen LogP) is -1.26. The Balaban J connectivity index is 2.19. The Morgan fingerprint density at radius 1 is 1.38 bits per heavy atom. The fraction of sp³-hybridized carbons (Fsp3) is 0.714. The number of aromatic nitrogens is 3. The van der Waals surface area contributed by atoms with Crippen molar-refractivity contribution >= 4 is 0 Å². The first kappa shape index (κ1) is 8.46. The van der Waals surface area contributed by atoms with Crippen LogP contribution in [0, 0.1) is 0 Å². The number of rotatable bonds is 1. The molecule has 0 aliphatic carbocycles. The molecule has 1 aromatic heterocycles. The van der Waals surface area contributed by atoms with E-state index in [0.717, 1.165) is 19.4 Å². The van der Waals surface area contributed by atoms with Crippen LogP contribution >= 0.6 is 0 Å². The van der Waals surface area contributed by atoms with Gasteiger partial charge in [0, 0.05) is 6.54 Å². The van der Waals surface area contributed by atoms with E-state index in [4.69, 9.17) is 11.7 Å². The van der Waals surface area contributed by atoms with Crippen molar-refractivity contribution < 1.29 is 4.68 Å². The lowest BCUT2D eigenvalue weighted by molar-refractivity contribution is -0.813. The molecule has 0 saturated carbocycles. The van der Waals surface area contributed by atoms with Crippen molar-refractivity contribution in [3.63, 3.8) is 0 Å². The molecule has 1 saturated heterocycles. The average molecular weight is 183 g/mol. The van der Waals surface area contributed by atoms with Gasteiger partial charge in [-0.3, -0.25) is 11.7 Å². The van der Waals surface area contributed by atoms with Crippen LogP contribution in [-0.2, 0) is 0 Å². The van der Waals surface area contributed by atoms with Gasteiger partial charge in [0.15, 0.2) is 6.17 Å². The molecule has 0 amide bonds. The lowest BCUT2D eigenvalue weighted by atomic mass is 10.1. The summed E-state index contributed by atoms with van der Waals surface area (Å²) >= 11 is 0. The van der Waals surface area contributed by atoms with Crippen LogP contribution < -0.4 is 16.4 Å². The molecule has 0 bridgehead atoms. The van der Waals surface area contributed by atoms with Crippen molar-refractivity contribution in [2.75, 3.05) is 12.4 Å². The first-order chi connectivity index (χ1) is 6.29. The highest BCUT2D eigenvalue weighted by atomic mass is 15.6. The quantitative estimate of drug-likeness (QED) is 0.421. The molecule has 1 atom stereocenters. The highest BCUT2D eigenvalue weighted by Gasteiger charge is 2.25. The highest BCUT2D eigenvalue weighted by molar-refractivity contribution is 4.60. The fourth-order valence-corrected chi connectivity index (χ4v) is 1.74. The number of hydrogen-bond acceptors (Lipinski definition) is 4. The van der Waals surface area contributed by atoms with Crippen LogP contribution in [0.15, 0.2) is 12.7 Å². The summed E-state index contributed by atoms with van der Waals surface area (Å²) in [6, 6.07) is 0. The summed E-state index contributed by atoms with van der Waals surface area (Å²) in [6.45, 7) is 0.919. The Morgan fingerprint density at radius 3 is 2.85 bits per heavy atom. The number of hydrazine groups is 1. The molecule has 1 aromatic rings. The van der Waals surface area contributed by atoms with Crippen molar-refractivity contribution in [2.24, 2.45) is 5.84 Å². The zero-order valence-electron chi connectivity index (χ0n) is 7.50. The Kier molecular flexibility index (Phi) is 2.15. The van der Waals surface area contributed by atoms with Crippen molar-refractivity contribution in [1.82, 2.24) is 14.8 Å². The van der Waals surface area contributed by atoms with Gasteiger partial charge < -0.3 is 0 Å². The number of piperidine rings is 1. The van der Waals surface area contributed by atoms with E-state index >= 15 is 0 Å². The monoisotopic (exact) mass is 183 g/mol. The lowest BCUT2D eigenvalue weighted by Gasteiger charge is -2.29. The summed E-state index contributed by atoms with van der Waals surface area (Å²) in [7, 11) is 0. The van der Waals surface area contributed by atoms with E-state index < -0.39 is 0 Å². The van der Waals surface area contributed by atoms with Crippen molar-refractivity contribution in [2.45, 2.75) is 25.4 Å². The fourth-order valence-electron chi connectivity index (χ4n) is 1.74. The second kappa shape index (κ2) is 3.31. The third-order valence-corrected chi connectivity index (χ3v) is 2.45. The molecule has 72 valence electrons. The Morgan fingerprint density at radius 2 is 2.23 bits per heavy atom. The molecule has 1 aliphatic heterocycles. The standard InChI is InChI=1S/C7H15N6/c8-11-4-2-1-3-7(11)12-5-10-6-13(12)9/h5-7H,1-4,8-9H2/q+1. The summed E-state index contributed by atoms with van der Waals surface area (Å²) in [4.78, 5) is 5.42. The van der Waals surface area contributed by atoms with Crippen LogP contribution in [0.5, 0.6) is 0 Å². The predicted molar refractivity (Wildman–Crippen MR) is 46.4 cm³/mol. The largest absolute Gasteiger partial charge is 0.266 e. The number of nitrogens with two attached hydrogens (primary N) is 2. The first-order valence-corrected chi connectivity index (χ1v) is 4.49. The van der Waals surface area contributed by atoms with E-state index in [-0.39, 0.29) is 6.17 Å². The molecular formula is C7H15N6+. The Labute approximate surface area is 76.7 Å². The SMILES string of the molecule is NN1CCCCC1[n+]1cncn1N. The van der Waals surface area contributed by atoms with Gasteiger partial charge in [-0.1, -0.05) is 9.77 Å². The van der Waals surface area contributed by atoms with E-state index in [1.54, 1.807) is 12.7 Å². The van der Waals surface area contributed by atoms with Crippen LogP contribution in [0.1, 0.15) is 25.4 Å². The van der Waals surface area contributed by atoms with Gasteiger partial charge in [0.2, 0.25) is 12.7 Å². The van der Waals surface area contributed by atoms with Crippen LogP contribution in [0.25, 0.3) is 0 Å². The molecule has 1 aliphatic rings. The van der Waals surface area contributed by atoms with Gasteiger partial charge in [0.25, 0.3) is 0 Å². The van der Waals surface area contributed by atoms with Gasteiger partial charge in [-0.05, 0) is 19.3 Å². The van der Waals surface area contributed by atoms with Gasteiger partial charge in [-0.15, -0.1) is 4.68 Å². The molecule has 2 heterocycles. The average Bonchev–Trinajstić information content (AvgIpc) is 2.52. The van der Waals surface area contributed by atoms with Gasteiger partial charge in [0.1, 0.15) is 0 Å². The highest BCUT2D eigenvalue weighted by Crippen LogP contribution is 2.16. The third kappa shape index (κ3) is 1.50. The second-order valence-electron chi connectivity index (χ2n) is 3.35. The molecule has 6 nitrogen and oxygen atoms in total. The summed E-state index contributed by atoms with van der Waals surface area (Å²) in [5.41, 5.74) is 0. The minimum absolute atomic E-state index is 0.154. The minimum Gasteiger partial charge on any atom is -0.266 e. The third-order valence-electron chi connectivity index (χ3n) is 2.45. The maximum Gasteiger partial charge on any atom is 0.246 e. The lowest BCUT2D eigenvalue weighted by Crippen LogP contribution is -2.59. The molecule has 13 heavy (non-hydrogen) atoms. The zero-order valence-corrected chi connectivity index (χ0v) is 7.50. The Hall–Kier alpha value is -1.14. The second-order valence-corrected chi connectivity index (χ2v) is 3.35. The zero-order chi connectivity index (χ0) is 9.26. The molecule has 4 N–H and O–H groups in total. The van der Waals surface area contributed by atoms with Gasteiger partial charge >= 0.3 is 0 Å². The molecule has 1 unspecified atom stereocenters. The van der Waals surface area contributed by atoms with E-state index in [1.807, 2.05) is 9.69 Å². The van der Waals surface area contributed by atoms with Crippen molar-refractivity contribution in [3.8, 4) is 0 Å². The van der Waals surface area contributed by atoms with Crippen LogP contribution in [0.4, 0.5) is 0 Å². The van der Waals surface area contributed by atoms with Gasteiger partial charge in [0.05, 0.1) is 0 Å². The van der Waals surface area contributed by atoms with Crippen molar-refractivity contribution in [3.05, 3.63) is 12.7 Å². The summed E-state index contributed by atoms with van der Waals surface area (Å²) < 4.78 is 1.85. The number of nitrogens with zero attached hydrogens (tertiary/aromatic N) is 4. The van der Waals surface area contributed by atoms with E-state index in [2.05, 4.69) is 4.98 Å². The van der Waals surface area contributed by atoms with E-state index in [9.17, 15) is 0 Å². The maximum absolute atomic E-state index is 5.85. The van der Waals surface area contributed by atoms with Gasteiger partial charge in [-0.25, -0.2) is 5.01 Å². The van der Waals surface area contributed by atoms with Crippen molar-refractivity contribution in [1.29, 1.82) is 0 Å². The van der Waals surface area contributed by atoms with Crippen LogP contribution in [0.2, 0.25) is 0 Å². The molecule has 1 fully saturated rings. The molecule has 2 rings (SSSR count). The molecule has 0 radical (unpaired) electrons. The summed E-state index contributed by atoms with van der Waals surface area (Å²) in [5, 5.41) is 1.81. The van der Waals surface area contributed by atoms with E-state index in [0.29, 0.717) is 0 Å². The number of nitrogen functional groups attached to an aromatic ring is 1. The topological polar surface area (TPSA) is 77.0 Å². The van der Waals surface area contributed by atoms with Gasteiger partial charge in [-0.2, -0.15) is 0 Å². The number of hydrogen-bond donors (Lipinski definition) is 2. The molecule has 0 aromatic carbocycles. The maximum atomic E-state index is 5.85. The minimum atomic E-state index is 0.154. The molecular weight excluding hydrogens is 168 g/mol. The molecule has 6 heteroatoms. The van der Waals surface area contributed by atoms with Crippen LogP contribution in [-0.4, -0.2) is 21.3 Å². The van der Waals surface area contributed by atoms with Crippen LogP contribution in [0.3, 0.4) is 0 Å².